The van der Waals surface area contributed by atoms with Crippen molar-refractivity contribution in [2.24, 2.45) is 17.6 Å². The Hall–Kier alpha value is -0.0800. The van der Waals surface area contributed by atoms with E-state index in [0.717, 1.165) is 23.9 Å². The maximum atomic E-state index is 5.78. The average Bonchev–Trinajstić information content (AvgIpc) is 2.09. The fourth-order valence-electron chi connectivity index (χ4n) is 2.83. The molecule has 0 aromatic rings. The van der Waals surface area contributed by atoms with Crippen LogP contribution in [0.2, 0.25) is 0 Å². The van der Waals surface area contributed by atoms with Gasteiger partial charge in [0.1, 0.15) is 0 Å². The molecule has 0 aliphatic heterocycles. The van der Waals surface area contributed by atoms with Gasteiger partial charge >= 0.3 is 0 Å². The van der Waals surface area contributed by atoms with Crippen LogP contribution in [-0.2, 0) is 0 Å². The summed E-state index contributed by atoms with van der Waals surface area (Å²) in [6.07, 6.45) is 6.53. The highest BCUT2D eigenvalue weighted by Crippen LogP contribution is 2.30. The molecule has 0 saturated heterocycles. The quantitative estimate of drug-likeness (QED) is 0.708. The molecule has 0 radical (unpaired) electrons. The molecule has 0 spiro atoms. The minimum absolute atomic E-state index is 0.479. The molecule has 2 rings (SSSR count). The zero-order valence-electron chi connectivity index (χ0n) is 9.50. The second kappa shape index (κ2) is 4.19. The van der Waals surface area contributed by atoms with E-state index >= 15 is 0 Å². The van der Waals surface area contributed by atoms with E-state index in [-0.39, 0.29) is 0 Å². The van der Waals surface area contributed by atoms with E-state index in [1.165, 1.54) is 32.1 Å². The molecule has 0 aromatic carbocycles. The summed E-state index contributed by atoms with van der Waals surface area (Å²) in [5.74, 6) is 1.83. The van der Waals surface area contributed by atoms with Gasteiger partial charge in [0.15, 0.2) is 0 Å². The van der Waals surface area contributed by atoms with Gasteiger partial charge < -0.3 is 11.1 Å². The van der Waals surface area contributed by atoms with Crippen LogP contribution in [0.25, 0.3) is 0 Å². The highest BCUT2D eigenvalue weighted by molar-refractivity contribution is 4.91. The minimum Gasteiger partial charge on any atom is -0.328 e. The molecule has 2 fully saturated rings. The van der Waals surface area contributed by atoms with E-state index in [9.17, 15) is 0 Å². The van der Waals surface area contributed by atoms with Crippen LogP contribution in [0.5, 0.6) is 0 Å². The summed E-state index contributed by atoms with van der Waals surface area (Å²) in [7, 11) is 0. The Balaban J connectivity index is 1.71. The summed E-state index contributed by atoms with van der Waals surface area (Å²) in [4.78, 5) is 0. The van der Waals surface area contributed by atoms with Gasteiger partial charge in [-0.15, -0.1) is 0 Å². The predicted octanol–water partition coefficient (Wildman–Crippen LogP) is 1.89. The molecule has 0 heterocycles. The van der Waals surface area contributed by atoms with Gasteiger partial charge in [0, 0.05) is 18.1 Å². The molecular weight excluding hydrogens is 172 g/mol. The number of hydrogen-bond donors (Lipinski definition) is 2. The van der Waals surface area contributed by atoms with Crippen LogP contribution in [-0.4, -0.2) is 18.1 Å². The van der Waals surface area contributed by atoms with Gasteiger partial charge in [-0.3, -0.25) is 0 Å². The van der Waals surface area contributed by atoms with Crippen molar-refractivity contribution in [1.29, 1.82) is 0 Å². The van der Waals surface area contributed by atoms with Gasteiger partial charge in [0.05, 0.1) is 0 Å². The lowest BCUT2D eigenvalue weighted by atomic mass is 9.78. The third-order valence-electron chi connectivity index (χ3n) is 4.24. The van der Waals surface area contributed by atoms with Gasteiger partial charge in [-0.2, -0.15) is 0 Å². The first-order valence-corrected chi connectivity index (χ1v) is 6.16. The van der Waals surface area contributed by atoms with Gasteiger partial charge in [0.2, 0.25) is 0 Å². The molecule has 2 aliphatic rings. The summed E-state index contributed by atoms with van der Waals surface area (Å²) < 4.78 is 0. The van der Waals surface area contributed by atoms with E-state index in [1.54, 1.807) is 0 Å². The van der Waals surface area contributed by atoms with E-state index in [4.69, 9.17) is 5.73 Å². The molecule has 14 heavy (non-hydrogen) atoms. The zero-order chi connectivity index (χ0) is 10.1. The van der Waals surface area contributed by atoms with Crippen molar-refractivity contribution in [3.8, 4) is 0 Å². The summed E-state index contributed by atoms with van der Waals surface area (Å²) in [5.41, 5.74) is 5.78. The van der Waals surface area contributed by atoms with Crippen molar-refractivity contribution < 1.29 is 0 Å². The molecule has 82 valence electrons. The Morgan fingerprint density at radius 1 is 0.929 bits per heavy atom. The van der Waals surface area contributed by atoms with E-state index in [2.05, 4.69) is 19.2 Å². The number of rotatable bonds is 2. The predicted molar refractivity (Wildman–Crippen MR) is 60.1 cm³/mol. The monoisotopic (exact) mass is 196 g/mol. The first-order valence-electron chi connectivity index (χ1n) is 6.16. The Morgan fingerprint density at radius 3 is 2.21 bits per heavy atom. The third-order valence-corrected chi connectivity index (χ3v) is 4.24. The first kappa shape index (κ1) is 10.4. The maximum absolute atomic E-state index is 5.78. The first-order chi connectivity index (χ1) is 6.65. The van der Waals surface area contributed by atoms with Crippen LogP contribution in [0.3, 0.4) is 0 Å². The molecule has 2 heteroatoms. The van der Waals surface area contributed by atoms with Crippen LogP contribution in [0, 0.1) is 11.8 Å². The Morgan fingerprint density at radius 2 is 1.64 bits per heavy atom. The van der Waals surface area contributed by atoms with Crippen LogP contribution >= 0.6 is 0 Å². The number of nitrogens with one attached hydrogen (secondary N) is 1. The summed E-state index contributed by atoms with van der Waals surface area (Å²) in [6.45, 7) is 4.78. The average molecular weight is 196 g/mol. The van der Waals surface area contributed by atoms with Crippen molar-refractivity contribution in [1.82, 2.24) is 5.32 Å². The molecule has 2 saturated carbocycles. The molecule has 2 nitrogen and oxygen atoms in total. The third kappa shape index (κ3) is 2.29. The van der Waals surface area contributed by atoms with Crippen LogP contribution in [0.4, 0.5) is 0 Å². The normalized spacial score (nSPS) is 48.6. The molecular formula is C12H24N2. The highest BCUT2D eigenvalue weighted by atomic mass is 15.0. The lowest BCUT2D eigenvalue weighted by Crippen LogP contribution is -2.52. The second-order valence-corrected chi connectivity index (χ2v) is 5.56. The van der Waals surface area contributed by atoms with E-state index < -0.39 is 0 Å². The second-order valence-electron chi connectivity index (χ2n) is 5.56. The number of nitrogens with two attached hydrogens (primary N) is 1. The Labute approximate surface area is 87.6 Å². The van der Waals surface area contributed by atoms with Crippen molar-refractivity contribution >= 4 is 0 Å². The van der Waals surface area contributed by atoms with Crippen molar-refractivity contribution in [2.45, 2.75) is 64.1 Å². The molecule has 0 amide bonds. The molecule has 2 aliphatic carbocycles. The lowest BCUT2D eigenvalue weighted by molar-refractivity contribution is 0.184. The highest BCUT2D eigenvalue weighted by Gasteiger charge is 2.30. The van der Waals surface area contributed by atoms with Gasteiger partial charge in [-0.05, 0) is 43.9 Å². The fourth-order valence-corrected chi connectivity index (χ4v) is 2.83. The SMILES string of the molecule is CC1CCC(NC2CC(N)C2)CC1C. The zero-order valence-corrected chi connectivity index (χ0v) is 9.50. The molecule has 0 aromatic heterocycles. The molecule has 3 N–H and O–H groups in total. The van der Waals surface area contributed by atoms with Crippen molar-refractivity contribution in [3.63, 3.8) is 0 Å². The topological polar surface area (TPSA) is 38.0 Å². The summed E-state index contributed by atoms with van der Waals surface area (Å²) in [5, 5.41) is 3.76. The number of hydrogen-bond acceptors (Lipinski definition) is 2. The molecule has 3 unspecified atom stereocenters. The van der Waals surface area contributed by atoms with E-state index in [1.807, 2.05) is 0 Å². The maximum Gasteiger partial charge on any atom is 0.00991 e. The lowest BCUT2D eigenvalue weighted by Gasteiger charge is -2.40. The minimum atomic E-state index is 0.479. The van der Waals surface area contributed by atoms with E-state index in [0.29, 0.717) is 6.04 Å². The van der Waals surface area contributed by atoms with Crippen molar-refractivity contribution in [3.05, 3.63) is 0 Å². The van der Waals surface area contributed by atoms with Gasteiger partial charge in [-0.25, -0.2) is 0 Å². The smallest absolute Gasteiger partial charge is 0.00991 e. The Kier molecular flexibility index (Phi) is 3.13. The van der Waals surface area contributed by atoms with Crippen LogP contribution < -0.4 is 11.1 Å². The van der Waals surface area contributed by atoms with Gasteiger partial charge in [0.25, 0.3) is 0 Å². The van der Waals surface area contributed by atoms with Crippen LogP contribution in [0.1, 0.15) is 46.0 Å². The standard InChI is InChI=1S/C12H24N2/c1-8-3-4-11(5-9(8)2)14-12-6-10(13)7-12/h8-12,14H,3-7,13H2,1-2H3. The summed E-state index contributed by atoms with van der Waals surface area (Å²) >= 11 is 0. The Bertz CT molecular complexity index is 187. The molecule has 3 atom stereocenters. The van der Waals surface area contributed by atoms with Crippen molar-refractivity contribution in [2.75, 3.05) is 0 Å². The summed E-state index contributed by atoms with van der Waals surface area (Å²) in [6, 6.07) is 1.99. The van der Waals surface area contributed by atoms with Crippen LogP contribution in [0.15, 0.2) is 0 Å². The largest absolute Gasteiger partial charge is 0.328 e. The fraction of sp³-hybridized carbons (Fsp3) is 1.00. The van der Waals surface area contributed by atoms with Gasteiger partial charge in [-0.1, -0.05) is 13.8 Å². The molecule has 0 bridgehead atoms.